The first-order valence-electron chi connectivity index (χ1n) is 9.87. The summed E-state index contributed by atoms with van der Waals surface area (Å²) < 4.78 is 0. The predicted octanol–water partition coefficient (Wildman–Crippen LogP) is 4.59. The normalized spacial score (nSPS) is 15.7. The fourth-order valence-corrected chi connectivity index (χ4v) is 4.46. The minimum atomic E-state index is -1.03. The highest BCUT2D eigenvalue weighted by Gasteiger charge is 2.52. The second-order valence-electron chi connectivity index (χ2n) is 8.61. The molecule has 0 aliphatic carbocycles. The summed E-state index contributed by atoms with van der Waals surface area (Å²) in [5.74, 6) is -1.90. The standard InChI is InChI=1S/C24H26N2O3S/c1-15-8-6-10-18(12-15)25-21(28)20(24(4,5)14-17(3)27)22(29)26(23(25)30)19-11-7-9-16(2)13-19/h6-13,20H,14H2,1-5H3. The van der Waals surface area contributed by atoms with Crippen LogP contribution in [0.2, 0.25) is 0 Å². The van der Waals surface area contributed by atoms with E-state index in [1.807, 2.05) is 50.2 Å². The number of amides is 2. The summed E-state index contributed by atoms with van der Waals surface area (Å²) in [6.45, 7) is 8.90. The van der Waals surface area contributed by atoms with Crippen LogP contribution in [0, 0.1) is 25.2 Å². The van der Waals surface area contributed by atoms with Gasteiger partial charge in [-0.3, -0.25) is 19.4 Å². The number of carbonyl (C=O) groups is 3. The van der Waals surface area contributed by atoms with E-state index in [4.69, 9.17) is 12.2 Å². The van der Waals surface area contributed by atoms with Gasteiger partial charge in [-0.05, 0) is 73.8 Å². The van der Waals surface area contributed by atoms with Gasteiger partial charge in [0.1, 0.15) is 11.7 Å². The number of anilines is 2. The smallest absolute Gasteiger partial charge is 0.246 e. The van der Waals surface area contributed by atoms with Gasteiger partial charge in [-0.2, -0.15) is 0 Å². The molecule has 2 amide bonds. The molecule has 1 fully saturated rings. The van der Waals surface area contributed by atoms with Crippen LogP contribution in [0.5, 0.6) is 0 Å². The number of hydrogen-bond acceptors (Lipinski definition) is 4. The molecule has 2 aromatic carbocycles. The van der Waals surface area contributed by atoms with Crippen LogP contribution >= 0.6 is 12.2 Å². The summed E-state index contributed by atoms with van der Waals surface area (Å²) in [4.78, 5) is 42.0. The van der Waals surface area contributed by atoms with Crippen molar-refractivity contribution in [2.24, 2.45) is 11.3 Å². The summed E-state index contributed by atoms with van der Waals surface area (Å²) in [6.07, 6.45) is 0.116. The van der Waals surface area contributed by atoms with E-state index in [2.05, 4.69) is 0 Å². The van der Waals surface area contributed by atoms with Crippen LogP contribution in [0.1, 0.15) is 38.3 Å². The highest BCUT2D eigenvalue weighted by Crippen LogP contribution is 2.40. The quantitative estimate of drug-likeness (QED) is 0.522. The first kappa shape index (κ1) is 21.8. The molecule has 0 spiro atoms. The second kappa shape index (κ2) is 8.11. The van der Waals surface area contributed by atoms with Gasteiger partial charge in [-0.1, -0.05) is 38.1 Å². The van der Waals surface area contributed by atoms with Crippen molar-refractivity contribution in [3.63, 3.8) is 0 Å². The maximum Gasteiger partial charge on any atom is 0.246 e. The predicted molar refractivity (Wildman–Crippen MR) is 122 cm³/mol. The summed E-state index contributed by atoms with van der Waals surface area (Å²) >= 11 is 5.66. The van der Waals surface area contributed by atoms with E-state index in [0.29, 0.717) is 11.4 Å². The van der Waals surface area contributed by atoms with Gasteiger partial charge < -0.3 is 4.79 Å². The first-order chi connectivity index (χ1) is 14.0. The zero-order valence-electron chi connectivity index (χ0n) is 17.9. The molecule has 6 heteroatoms. The van der Waals surface area contributed by atoms with Crippen LogP contribution in [-0.2, 0) is 14.4 Å². The Hall–Kier alpha value is -2.86. The van der Waals surface area contributed by atoms with Crippen molar-refractivity contribution in [3.05, 3.63) is 59.7 Å². The van der Waals surface area contributed by atoms with Crippen molar-refractivity contribution in [1.82, 2.24) is 0 Å². The van der Waals surface area contributed by atoms with Gasteiger partial charge in [0.2, 0.25) is 11.8 Å². The molecule has 0 N–H and O–H groups in total. The largest absolute Gasteiger partial charge is 0.300 e. The van der Waals surface area contributed by atoms with Crippen LogP contribution in [0.4, 0.5) is 11.4 Å². The number of Topliss-reactive ketones (excluding diaryl/α,β-unsaturated/α-hetero) is 1. The molecule has 1 aliphatic heterocycles. The van der Waals surface area contributed by atoms with E-state index >= 15 is 0 Å². The molecule has 1 heterocycles. The van der Waals surface area contributed by atoms with E-state index in [0.717, 1.165) is 11.1 Å². The van der Waals surface area contributed by atoms with Crippen molar-refractivity contribution in [1.29, 1.82) is 0 Å². The lowest BCUT2D eigenvalue weighted by molar-refractivity contribution is -0.138. The third-order valence-electron chi connectivity index (χ3n) is 5.32. The molecule has 1 aliphatic rings. The first-order valence-corrected chi connectivity index (χ1v) is 10.3. The van der Waals surface area contributed by atoms with E-state index in [1.54, 1.807) is 26.0 Å². The molecule has 156 valence electrons. The Bertz CT molecular complexity index is 977. The van der Waals surface area contributed by atoms with Crippen LogP contribution in [-0.4, -0.2) is 22.7 Å². The van der Waals surface area contributed by atoms with Crippen LogP contribution in [0.15, 0.2) is 48.5 Å². The lowest BCUT2D eigenvalue weighted by atomic mass is 9.73. The van der Waals surface area contributed by atoms with Crippen molar-refractivity contribution >= 4 is 46.3 Å². The maximum atomic E-state index is 13.6. The van der Waals surface area contributed by atoms with E-state index in [1.165, 1.54) is 16.7 Å². The Morgan fingerprint density at radius 3 is 1.73 bits per heavy atom. The molecule has 1 saturated heterocycles. The fourth-order valence-electron chi connectivity index (χ4n) is 4.07. The number of aryl methyl sites for hydroxylation is 2. The fraction of sp³-hybridized carbons (Fsp3) is 0.333. The van der Waals surface area contributed by atoms with Crippen LogP contribution in [0.3, 0.4) is 0 Å². The van der Waals surface area contributed by atoms with Crippen LogP contribution < -0.4 is 9.80 Å². The molecule has 30 heavy (non-hydrogen) atoms. The van der Waals surface area contributed by atoms with Gasteiger partial charge in [0, 0.05) is 6.42 Å². The highest BCUT2D eigenvalue weighted by molar-refractivity contribution is 7.81. The van der Waals surface area contributed by atoms with E-state index in [-0.39, 0.29) is 17.3 Å². The Kier molecular flexibility index (Phi) is 5.90. The summed E-state index contributed by atoms with van der Waals surface area (Å²) in [5.41, 5.74) is 2.31. The summed E-state index contributed by atoms with van der Waals surface area (Å²) in [7, 11) is 0. The Morgan fingerprint density at radius 1 is 0.933 bits per heavy atom. The zero-order valence-corrected chi connectivity index (χ0v) is 18.7. The monoisotopic (exact) mass is 422 g/mol. The van der Waals surface area contributed by atoms with Gasteiger partial charge in [0.25, 0.3) is 0 Å². The summed E-state index contributed by atoms with van der Waals surface area (Å²) in [5, 5.41) is 0.121. The minimum absolute atomic E-state index is 0.0713. The molecular weight excluding hydrogens is 396 g/mol. The zero-order chi connectivity index (χ0) is 22.2. The van der Waals surface area contributed by atoms with E-state index in [9.17, 15) is 14.4 Å². The Morgan fingerprint density at radius 2 is 1.37 bits per heavy atom. The summed E-state index contributed by atoms with van der Waals surface area (Å²) in [6, 6.07) is 14.9. The Balaban J connectivity index is 2.18. The number of hydrogen-bond donors (Lipinski definition) is 0. The molecular formula is C24H26N2O3S. The lowest BCUT2D eigenvalue weighted by Crippen LogP contribution is -2.63. The Labute approximate surface area is 182 Å². The number of benzene rings is 2. The lowest BCUT2D eigenvalue weighted by Gasteiger charge is -2.44. The SMILES string of the molecule is CC(=O)CC(C)(C)C1C(=O)N(c2cccc(C)c2)C(=S)N(c2cccc(C)c2)C1=O. The van der Waals surface area contributed by atoms with Gasteiger partial charge in [0.15, 0.2) is 5.11 Å². The molecule has 0 aromatic heterocycles. The number of thiocarbonyl (C=S) groups is 1. The molecule has 0 bridgehead atoms. The molecule has 5 nitrogen and oxygen atoms in total. The van der Waals surface area contributed by atoms with Crippen molar-refractivity contribution in [2.45, 2.75) is 41.0 Å². The van der Waals surface area contributed by atoms with Gasteiger partial charge in [-0.25, -0.2) is 0 Å². The van der Waals surface area contributed by atoms with Crippen LogP contribution in [0.25, 0.3) is 0 Å². The molecule has 0 radical (unpaired) electrons. The molecule has 0 atom stereocenters. The topological polar surface area (TPSA) is 57.7 Å². The van der Waals surface area contributed by atoms with Crippen molar-refractivity contribution in [3.8, 4) is 0 Å². The number of nitrogens with zero attached hydrogens (tertiary/aromatic N) is 2. The third-order valence-corrected chi connectivity index (χ3v) is 5.69. The maximum absolute atomic E-state index is 13.6. The average molecular weight is 423 g/mol. The van der Waals surface area contributed by atoms with Gasteiger partial charge in [-0.15, -0.1) is 0 Å². The average Bonchev–Trinajstić information content (AvgIpc) is 2.60. The molecule has 0 saturated carbocycles. The second-order valence-corrected chi connectivity index (χ2v) is 8.97. The van der Waals surface area contributed by atoms with Crippen molar-refractivity contribution in [2.75, 3.05) is 9.80 Å². The number of rotatable bonds is 5. The van der Waals surface area contributed by atoms with E-state index < -0.39 is 23.1 Å². The minimum Gasteiger partial charge on any atom is -0.300 e. The van der Waals surface area contributed by atoms with Crippen molar-refractivity contribution < 1.29 is 14.4 Å². The third kappa shape index (κ3) is 4.05. The molecule has 2 aromatic rings. The number of carbonyl (C=O) groups excluding carboxylic acids is 3. The molecule has 0 unspecified atom stereocenters. The number of ketones is 1. The van der Waals surface area contributed by atoms with Gasteiger partial charge in [0.05, 0.1) is 11.4 Å². The van der Waals surface area contributed by atoms with Gasteiger partial charge >= 0.3 is 0 Å². The highest BCUT2D eigenvalue weighted by atomic mass is 32.1. The molecule has 3 rings (SSSR count).